The van der Waals surface area contributed by atoms with Crippen LogP contribution >= 0.6 is 0 Å². The van der Waals surface area contributed by atoms with E-state index in [0.29, 0.717) is 6.61 Å². The summed E-state index contributed by atoms with van der Waals surface area (Å²) < 4.78 is 5.48. The molecule has 0 aliphatic heterocycles. The van der Waals surface area contributed by atoms with Crippen LogP contribution < -0.4 is 0 Å². The average Bonchev–Trinajstić information content (AvgIpc) is 2.42. The highest BCUT2D eigenvalue weighted by atomic mass is 16.5. The topological polar surface area (TPSA) is 29.5 Å². The molecule has 0 aromatic carbocycles. The van der Waals surface area contributed by atoms with Crippen LogP contribution in [0.2, 0.25) is 0 Å². The molecule has 1 N–H and O–H groups in total. The van der Waals surface area contributed by atoms with E-state index in [9.17, 15) is 5.11 Å². The molecule has 1 unspecified atom stereocenters. The molecule has 1 atom stereocenters. The summed E-state index contributed by atoms with van der Waals surface area (Å²) in [4.78, 5) is 0. The first-order valence-electron chi connectivity index (χ1n) is 4.99. The van der Waals surface area contributed by atoms with Crippen LogP contribution in [0.15, 0.2) is 24.0 Å². The van der Waals surface area contributed by atoms with E-state index in [0.717, 1.165) is 31.4 Å². The summed E-state index contributed by atoms with van der Waals surface area (Å²) in [5.74, 6) is 1.00. The van der Waals surface area contributed by atoms with E-state index < -0.39 is 0 Å². The molecule has 2 heteroatoms. The highest BCUT2D eigenvalue weighted by molar-refractivity contribution is 5.10. The van der Waals surface area contributed by atoms with Gasteiger partial charge in [0, 0.05) is 6.42 Å². The number of hydrogen-bond acceptors (Lipinski definition) is 2. The summed E-state index contributed by atoms with van der Waals surface area (Å²) in [6, 6.07) is 0. The molecule has 0 amide bonds. The summed E-state index contributed by atoms with van der Waals surface area (Å²) >= 11 is 0. The van der Waals surface area contributed by atoms with E-state index >= 15 is 0 Å². The van der Waals surface area contributed by atoms with Gasteiger partial charge >= 0.3 is 0 Å². The van der Waals surface area contributed by atoms with Crippen LogP contribution in [0.25, 0.3) is 0 Å². The molecule has 0 fully saturated rings. The second-order valence-corrected chi connectivity index (χ2v) is 3.33. The lowest BCUT2D eigenvalue weighted by Gasteiger charge is -2.12. The van der Waals surface area contributed by atoms with Gasteiger partial charge in [-0.05, 0) is 25.3 Å². The van der Waals surface area contributed by atoms with Gasteiger partial charge in [0.25, 0.3) is 0 Å². The average molecular weight is 182 g/mol. The first-order chi connectivity index (χ1) is 6.33. The Hall–Kier alpha value is -0.760. The number of hydrogen-bond donors (Lipinski definition) is 1. The summed E-state index contributed by atoms with van der Waals surface area (Å²) in [6.45, 7) is 2.38. The maximum Gasteiger partial charge on any atom is 0.114 e. The van der Waals surface area contributed by atoms with Crippen molar-refractivity contribution in [3.05, 3.63) is 24.0 Å². The molecule has 1 aliphatic carbocycles. The Balaban J connectivity index is 2.27. The summed E-state index contributed by atoms with van der Waals surface area (Å²) in [6.07, 6.45) is 9.85. The second-order valence-electron chi connectivity index (χ2n) is 3.33. The fourth-order valence-electron chi connectivity index (χ4n) is 1.19. The molecule has 2 nitrogen and oxygen atoms in total. The molecule has 0 spiro atoms. The van der Waals surface area contributed by atoms with E-state index in [4.69, 9.17) is 4.74 Å². The standard InChI is InChI=1S/C11H18O2/c1-2-10(12)9-13-11-7-5-3-4-6-8-11/h3,5,7,10,12H,2,4,6,8-9H2,1H3. The molecule has 0 saturated carbocycles. The zero-order valence-corrected chi connectivity index (χ0v) is 8.20. The van der Waals surface area contributed by atoms with E-state index in [2.05, 4.69) is 6.08 Å². The first kappa shape index (κ1) is 10.3. The molecule has 1 aliphatic rings. The fourth-order valence-corrected chi connectivity index (χ4v) is 1.19. The molecule has 13 heavy (non-hydrogen) atoms. The van der Waals surface area contributed by atoms with Gasteiger partial charge in [0.05, 0.1) is 11.9 Å². The van der Waals surface area contributed by atoms with E-state index in [1.165, 1.54) is 0 Å². The molecule has 0 heterocycles. The van der Waals surface area contributed by atoms with Crippen LogP contribution in [0.4, 0.5) is 0 Å². The van der Waals surface area contributed by atoms with Crippen LogP contribution in [0.5, 0.6) is 0 Å². The third-order valence-electron chi connectivity index (χ3n) is 2.14. The predicted octanol–water partition coefficient (Wildman–Crippen LogP) is 2.40. The Morgan fingerprint density at radius 3 is 3.23 bits per heavy atom. The monoisotopic (exact) mass is 182 g/mol. The largest absolute Gasteiger partial charge is 0.495 e. The van der Waals surface area contributed by atoms with Crippen molar-refractivity contribution < 1.29 is 9.84 Å². The molecule has 74 valence electrons. The van der Waals surface area contributed by atoms with E-state index in [-0.39, 0.29) is 6.10 Å². The molecule has 0 aromatic rings. The van der Waals surface area contributed by atoms with Gasteiger partial charge in [0.1, 0.15) is 6.61 Å². The number of aliphatic hydroxyl groups excluding tert-OH is 1. The van der Waals surface area contributed by atoms with Crippen molar-refractivity contribution in [1.29, 1.82) is 0 Å². The number of ether oxygens (including phenoxy) is 1. The summed E-state index contributed by atoms with van der Waals surface area (Å²) in [5.41, 5.74) is 0. The third kappa shape index (κ3) is 4.13. The van der Waals surface area contributed by atoms with Gasteiger partial charge in [-0.1, -0.05) is 19.1 Å². The molecular formula is C11H18O2. The zero-order valence-electron chi connectivity index (χ0n) is 8.20. The quantitative estimate of drug-likeness (QED) is 0.723. The highest BCUT2D eigenvalue weighted by Crippen LogP contribution is 2.13. The minimum Gasteiger partial charge on any atom is -0.495 e. The summed E-state index contributed by atoms with van der Waals surface area (Å²) in [7, 11) is 0. The lowest BCUT2D eigenvalue weighted by molar-refractivity contribution is 0.0659. The van der Waals surface area contributed by atoms with Crippen molar-refractivity contribution in [1.82, 2.24) is 0 Å². The second kappa shape index (κ2) is 5.81. The maximum absolute atomic E-state index is 9.29. The Bertz CT molecular complexity index is 194. The van der Waals surface area contributed by atoms with Crippen LogP contribution in [0.1, 0.15) is 32.6 Å². The van der Waals surface area contributed by atoms with Crippen molar-refractivity contribution in [2.24, 2.45) is 0 Å². The van der Waals surface area contributed by atoms with Gasteiger partial charge in [-0.25, -0.2) is 0 Å². The van der Waals surface area contributed by atoms with Crippen LogP contribution in [-0.4, -0.2) is 17.8 Å². The van der Waals surface area contributed by atoms with Gasteiger partial charge in [-0.2, -0.15) is 0 Å². The highest BCUT2D eigenvalue weighted by Gasteiger charge is 2.04. The Kier molecular flexibility index (Phi) is 4.61. The molecule has 0 bridgehead atoms. The normalized spacial score (nSPS) is 19.1. The number of aliphatic hydroxyl groups is 1. The minimum atomic E-state index is -0.326. The van der Waals surface area contributed by atoms with Crippen LogP contribution in [0, 0.1) is 0 Å². The van der Waals surface area contributed by atoms with Crippen LogP contribution in [-0.2, 0) is 4.74 Å². The van der Waals surface area contributed by atoms with E-state index in [1.54, 1.807) is 0 Å². The van der Waals surface area contributed by atoms with Crippen molar-refractivity contribution in [2.75, 3.05) is 6.61 Å². The first-order valence-corrected chi connectivity index (χ1v) is 4.99. The lowest BCUT2D eigenvalue weighted by atomic mass is 10.2. The zero-order chi connectivity index (χ0) is 9.52. The SMILES string of the molecule is CCC(O)COC1=CC=CCCC1. The van der Waals surface area contributed by atoms with Gasteiger partial charge in [-0.3, -0.25) is 0 Å². The van der Waals surface area contributed by atoms with Crippen molar-refractivity contribution in [3.63, 3.8) is 0 Å². The maximum atomic E-state index is 9.29. The molecule has 0 radical (unpaired) electrons. The van der Waals surface area contributed by atoms with Crippen molar-refractivity contribution in [2.45, 2.75) is 38.7 Å². The van der Waals surface area contributed by atoms with Crippen molar-refractivity contribution in [3.8, 4) is 0 Å². The van der Waals surface area contributed by atoms with Gasteiger partial charge < -0.3 is 9.84 Å². The minimum absolute atomic E-state index is 0.326. The third-order valence-corrected chi connectivity index (χ3v) is 2.14. The van der Waals surface area contributed by atoms with Crippen LogP contribution in [0.3, 0.4) is 0 Å². The Morgan fingerprint density at radius 1 is 1.62 bits per heavy atom. The number of allylic oxidation sites excluding steroid dienone is 4. The van der Waals surface area contributed by atoms with Gasteiger partial charge in [0.2, 0.25) is 0 Å². The van der Waals surface area contributed by atoms with Crippen molar-refractivity contribution >= 4 is 0 Å². The smallest absolute Gasteiger partial charge is 0.114 e. The van der Waals surface area contributed by atoms with Gasteiger partial charge in [0.15, 0.2) is 0 Å². The Morgan fingerprint density at radius 2 is 2.46 bits per heavy atom. The van der Waals surface area contributed by atoms with E-state index in [1.807, 2.05) is 19.1 Å². The molecular weight excluding hydrogens is 164 g/mol. The molecule has 1 rings (SSSR count). The number of rotatable bonds is 4. The van der Waals surface area contributed by atoms with Gasteiger partial charge in [-0.15, -0.1) is 0 Å². The summed E-state index contributed by atoms with van der Waals surface area (Å²) in [5, 5.41) is 9.29. The predicted molar refractivity (Wildman–Crippen MR) is 53.3 cm³/mol. The molecule has 0 saturated heterocycles. The fraction of sp³-hybridized carbons (Fsp3) is 0.636. The molecule has 0 aromatic heterocycles. The Labute approximate surface area is 79.9 Å². The lowest BCUT2D eigenvalue weighted by Crippen LogP contribution is -2.13.